The average molecular weight is 647 g/mol. The van der Waals surface area contributed by atoms with Crippen LogP contribution in [0.25, 0.3) is 0 Å². The fourth-order valence-electron chi connectivity index (χ4n) is 4.24. The lowest BCUT2D eigenvalue weighted by Gasteiger charge is -2.22. The van der Waals surface area contributed by atoms with Gasteiger partial charge in [-0.1, -0.05) is 69.3 Å². The predicted octanol–water partition coefficient (Wildman–Crippen LogP) is 6.49. The number of methoxy groups -OCH3 is 2. The van der Waals surface area contributed by atoms with Crippen LogP contribution in [0.2, 0.25) is 0 Å². The quantitative estimate of drug-likeness (QED) is 0.121. The van der Waals surface area contributed by atoms with Gasteiger partial charge >= 0.3 is 15.7 Å². The van der Waals surface area contributed by atoms with Crippen molar-refractivity contribution in [2.45, 2.75) is 32.6 Å². The number of anilines is 1. The lowest BCUT2D eigenvalue weighted by molar-refractivity contribution is -0.115. The van der Waals surface area contributed by atoms with Crippen LogP contribution >= 0.6 is 15.9 Å². The fourth-order valence-corrected chi connectivity index (χ4v) is 5.91. The van der Waals surface area contributed by atoms with E-state index in [0.29, 0.717) is 38.5 Å². The van der Waals surface area contributed by atoms with E-state index >= 15 is 0 Å². The van der Waals surface area contributed by atoms with Crippen LogP contribution in [0.3, 0.4) is 0 Å². The van der Waals surface area contributed by atoms with Gasteiger partial charge in [-0.05, 0) is 68.0 Å². The topological polar surface area (TPSA) is 83.1 Å². The number of carbonyl (C=O) groups excluding carboxylic acids is 2. The van der Waals surface area contributed by atoms with Gasteiger partial charge < -0.3 is 24.0 Å². The molecule has 2 radical (unpaired) electrons. The molecular formula is C33H32BrNO6Si. The molecule has 0 saturated heterocycles. The maximum atomic E-state index is 13.0. The average Bonchev–Trinajstić information content (AvgIpc) is 2.98. The van der Waals surface area contributed by atoms with Crippen LogP contribution in [-0.4, -0.2) is 35.9 Å². The molecule has 0 aliphatic carbocycles. The first-order valence-corrected chi connectivity index (χ1v) is 14.9. The van der Waals surface area contributed by atoms with E-state index in [9.17, 15) is 9.59 Å². The summed E-state index contributed by atoms with van der Waals surface area (Å²) >= 11 is 3.50. The van der Waals surface area contributed by atoms with Crippen molar-refractivity contribution in [1.29, 1.82) is 0 Å². The van der Waals surface area contributed by atoms with Gasteiger partial charge in [0.05, 0.1) is 30.7 Å². The van der Waals surface area contributed by atoms with Gasteiger partial charge in [-0.25, -0.2) is 4.79 Å². The summed E-state index contributed by atoms with van der Waals surface area (Å²) in [5.74, 6) is 0.857. The first-order valence-electron chi connectivity index (χ1n) is 13.2. The Morgan fingerprint density at radius 2 is 1.50 bits per heavy atom. The number of ether oxygens (including phenoxy) is 3. The van der Waals surface area contributed by atoms with Gasteiger partial charge in [0.2, 0.25) is 5.91 Å². The van der Waals surface area contributed by atoms with E-state index in [4.69, 9.17) is 18.6 Å². The predicted molar refractivity (Wildman–Crippen MR) is 169 cm³/mol. The molecule has 216 valence electrons. The van der Waals surface area contributed by atoms with Gasteiger partial charge in [-0.3, -0.25) is 4.79 Å². The van der Waals surface area contributed by atoms with Crippen molar-refractivity contribution >= 4 is 48.4 Å². The van der Waals surface area contributed by atoms with E-state index in [0.717, 1.165) is 5.19 Å². The monoisotopic (exact) mass is 645 g/mol. The smallest absolute Gasteiger partial charge is 0.351 e. The Balaban J connectivity index is 1.45. The summed E-state index contributed by atoms with van der Waals surface area (Å²) in [4.78, 5) is 25.7. The number of carbonyl (C=O) groups is 2. The molecule has 0 aliphatic rings. The zero-order chi connectivity index (χ0) is 30.3. The summed E-state index contributed by atoms with van der Waals surface area (Å²) in [7, 11) is 3.14. The molecule has 9 heteroatoms. The number of amides is 1. The minimum atomic E-state index is -0.534. The first-order chi connectivity index (χ1) is 20.1. The summed E-state index contributed by atoms with van der Waals surface area (Å²) in [6, 6.07) is 25.6. The van der Waals surface area contributed by atoms with Crippen molar-refractivity contribution in [3.63, 3.8) is 0 Å². The summed E-state index contributed by atoms with van der Waals surface area (Å²) in [6.45, 7) is 6.53. The molecule has 0 aliphatic heterocycles. The summed E-state index contributed by atoms with van der Waals surface area (Å²) in [5, 5.41) is 4.03. The Morgan fingerprint density at radius 1 is 0.833 bits per heavy atom. The Hall–Kier alpha value is -4.08. The maximum Gasteiger partial charge on any atom is 0.351 e. The van der Waals surface area contributed by atoms with Crippen molar-refractivity contribution < 1.29 is 28.2 Å². The molecule has 4 aromatic carbocycles. The molecule has 4 rings (SSSR count). The highest BCUT2D eigenvalue weighted by Gasteiger charge is 2.21. The molecule has 0 bridgehead atoms. The zero-order valence-electron chi connectivity index (χ0n) is 24.1. The minimum absolute atomic E-state index is 0.00558. The van der Waals surface area contributed by atoms with Crippen molar-refractivity contribution in [2.24, 2.45) is 0 Å². The van der Waals surface area contributed by atoms with Crippen molar-refractivity contribution in [3.8, 4) is 23.0 Å². The van der Waals surface area contributed by atoms with Crippen molar-refractivity contribution in [3.05, 3.63) is 106 Å². The number of esters is 1. The lowest BCUT2D eigenvalue weighted by Crippen LogP contribution is -2.30. The number of hydrogen-bond acceptors (Lipinski definition) is 6. The van der Waals surface area contributed by atoms with Crippen LogP contribution in [0.1, 0.15) is 42.3 Å². The molecule has 0 spiro atoms. The van der Waals surface area contributed by atoms with Gasteiger partial charge in [0, 0.05) is 11.8 Å². The second-order valence-corrected chi connectivity index (χ2v) is 12.2. The molecule has 7 nitrogen and oxygen atoms in total. The Morgan fingerprint density at radius 3 is 2.19 bits per heavy atom. The second-order valence-electron chi connectivity index (χ2n) is 10.4. The van der Waals surface area contributed by atoms with Crippen LogP contribution in [-0.2, 0) is 16.6 Å². The molecule has 0 unspecified atom stereocenters. The summed E-state index contributed by atoms with van der Waals surface area (Å²) in [5.41, 5.74) is 2.80. The van der Waals surface area contributed by atoms with Gasteiger partial charge in [0.25, 0.3) is 0 Å². The van der Waals surface area contributed by atoms with Crippen molar-refractivity contribution in [2.75, 3.05) is 19.5 Å². The van der Waals surface area contributed by atoms with Crippen molar-refractivity contribution in [1.82, 2.24) is 0 Å². The molecule has 0 saturated carbocycles. The molecule has 0 atom stereocenters. The minimum Gasteiger partial charge on any atom is -0.533 e. The third-order valence-electron chi connectivity index (χ3n) is 6.37. The third kappa shape index (κ3) is 7.60. The molecule has 0 fully saturated rings. The largest absolute Gasteiger partial charge is 0.533 e. The lowest BCUT2D eigenvalue weighted by atomic mass is 9.87. The first kappa shape index (κ1) is 30.9. The van der Waals surface area contributed by atoms with Gasteiger partial charge in [-0.15, -0.1) is 0 Å². The van der Waals surface area contributed by atoms with E-state index in [1.165, 1.54) is 12.7 Å². The molecule has 0 aromatic heterocycles. The highest BCUT2D eigenvalue weighted by atomic mass is 79.9. The highest BCUT2D eigenvalue weighted by molar-refractivity contribution is 9.10. The van der Waals surface area contributed by atoms with Crippen LogP contribution in [0, 0.1) is 0 Å². The SMILES string of the molecule is COc1cc(NC(=O)Cc2ccc(OC)c(OC(=O)c3ccccc3)c2Br)ccc1O[Si]c1ccccc1C(C)(C)C. The Kier molecular flexibility index (Phi) is 10.1. The molecule has 4 aromatic rings. The normalized spacial score (nSPS) is 11.0. The van der Waals surface area contributed by atoms with E-state index < -0.39 is 5.97 Å². The number of nitrogens with one attached hydrogen (secondary N) is 1. The Bertz CT molecular complexity index is 1570. The zero-order valence-corrected chi connectivity index (χ0v) is 26.7. The van der Waals surface area contributed by atoms with Gasteiger partial charge in [0.15, 0.2) is 17.2 Å². The maximum absolute atomic E-state index is 13.0. The molecular weight excluding hydrogens is 614 g/mol. The van der Waals surface area contributed by atoms with Crippen LogP contribution < -0.4 is 29.1 Å². The molecule has 1 N–H and O–H groups in total. The van der Waals surface area contributed by atoms with E-state index in [1.807, 2.05) is 18.2 Å². The molecule has 1 amide bonds. The third-order valence-corrected chi connectivity index (χ3v) is 8.22. The summed E-state index contributed by atoms with van der Waals surface area (Å²) < 4.78 is 23.2. The number of rotatable bonds is 10. The molecule has 0 heterocycles. The fraction of sp³-hybridized carbons (Fsp3) is 0.212. The standard InChI is InChI=1S/C33H32BrNO6Si/c1-33(2,3)24-13-9-10-14-28(24)42-41-25-18-16-23(20-27(25)39-5)35-29(36)19-22-15-17-26(38-4)31(30(22)34)40-32(37)21-11-7-6-8-12-21/h6-18,20H,19H2,1-5H3,(H,35,36). The second kappa shape index (κ2) is 13.7. The van der Waals surface area contributed by atoms with E-state index in [2.05, 4.69) is 54.2 Å². The molecule has 42 heavy (non-hydrogen) atoms. The van der Waals surface area contributed by atoms with Gasteiger partial charge in [0.1, 0.15) is 5.75 Å². The number of benzene rings is 4. The highest BCUT2D eigenvalue weighted by Crippen LogP contribution is 2.39. The van der Waals surface area contributed by atoms with E-state index in [-0.39, 0.29) is 33.3 Å². The van der Waals surface area contributed by atoms with Crippen LogP contribution in [0.5, 0.6) is 23.0 Å². The van der Waals surface area contributed by atoms with E-state index in [1.54, 1.807) is 61.7 Å². The Labute approximate surface area is 257 Å². The van der Waals surface area contributed by atoms with Gasteiger partial charge in [-0.2, -0.15) is 0 Å². The summed E-state index contributed by atoms with van der Waals surface area (Å²) in [6.07, 6.45) is 0.0198. The van der Waals surface area contributed by atoms with Crippen LogP contribution in [0.4, 0.5) is 5.69 Å². The van der Waals surface area contributed by atoms with Crippen LogP contribution in [0.15, 0.2) is 89.4 Å². The number of halogens is 1. The number of hydrogen-bond donors (Lipinski definition) is 1.